The highest BCUT2D eigenvalue weighted by Crippen LogP contribution is 2.30. The molecule has 0 atom stereocenters. The summed E-state index contributed by atoms with van der Waals surface area (Å²) in [7, 11) is 0. The van der Waals surface area contributed by atoms with Crippen LogP contribution in [0, 0.1) is 5.95 Å². The summed E-state index contributed by atoms with van der Waals surface area (Å²) in [6.07, 6.45) is 4.99. The molecule has 0 aliphatic rings. The van der Waals surface area contributed by atoms with Crippen LogP contribution in [0.2, 0.25) is 0 Å². The van der Waals surface area contributed by atoms with Gasteiger partial charge in [0.15, 0.2) is 0 Å². The molecule has 2 heterocycles. The maximum absolute atomic E-state index is 13.8. The molecule has 0 N–H and O–H groups in total. The first-order valence-electron chi connectivity index (χ1n) is 6.43. The van der Waals surface area contributed by atoms with Crippen LogP contribution in [0.3, 0.4) is 0 Å². The molecule has 0 saturated carbocycles. The highest BCUT2D eigenvalue weighted by atomic mass is 19.1. The van der Waals surface area contributed by atoms with Crippen LogP contribution in [0.1, 0.15) is 10.4 Å². The van der Waals surface area contributed by atoms with E-state index < -0.39 is 5.95 Å². The Hall–Kier alpha value is -3.15. The summed E-state index contributed by atoms with van der Waals surface area (Å²) in [6, 6.07) is 9.64. The molecule has 1 aromatic carbocycles. The lowest BCUT2D eigenvalue weighted by Crippen LogP contribution is -1.97. The van der Waals surface area contributed by atoms with Gasteiger partial charge in [0.25, 0.3) is 0 Å². The largest absolute Gasteiger partial charge is 0.437 e. The standard InChI is InChI=1S/C16H10FN3O2/c17-15-13(2-1-7-19-15)14-16(20-9-8-18-14)22-12-5-3-11(10-21)4-6-12/h1-10H. The zero-order valence-corrected chi connectivity index (χ0v) is 11.3. The Morgan fingerprint density at radius 2 is 1.73 bits per heavy atom. The van der Waals surface area contributed by atoms with Crippen molar-refractivity contribution < 1.29 is 13.9 Å². The minimum atomic E-state index is -0.649. The van der Waals surface area contributed by atoms with E-state index in [1.807, 2.05) is 0 Å². The average molecular weight is 295 g/mol. The Balaban J connectivity index is 1.97. The van der Waals surface area contributed by atoms with E-state index in [1.54, 1.807) is 36.4 Å². The molecule has 0 aliphatic heterocycles. The minimum Gasteiger partial charge on any atom is -0.437 e. The van der Waals surface area contributed by atoms with Gasteiger partial charge in [-0.15, -0.1) is 0 Å². The Morgan fingerprint density at radius 1 is 0.955 bits per heavy atom. The monoisotopic (exact) mass is 295 g/mol. The van der Waals surface area contributed by atoms with Gasteiger partial charge in [-0.2, -0.15) is 4.39 Å². The number of hydrogen-bond acceptors (Lipinski definition) is 5. The average Bonchev–Trinajstić information content (AvgIpc) is 2.57. The highest BCUT2D eigenvalue weighted by molar-refractivity contribution is 5.75. The first kappa shape index (κ1) is 13.8. The van der Waals surface area contributed by atoms with E-state index in [9.17, 15) is 9.18 Å². The third-order valence-electron chi connectivity index (χ3n) is 2.91. The predicted octanol–water partition coefficient (Wildman–Crippen LogP) is 3.28. The zero-order chi connectivity index (χ0) is 15.4. The maximum atomic E-state index is 13.8. The van der Waals surface area contributed by atoms with Crippen LogP contribution in [0.15, 0.2) is 55.0 Å². The van der Waals surface area contributed by atoms with Gasteiger partial charge in [0, 0.05) is 24.2 Å². The molecule has 0 amide bonds. The lowest BCUT2D eigenvalue weighted by molar-refractivity contribution is 0.112. The normalized spacial score (nSPS) is 10.2. The lowest BCUT2D eigenvalue weighted by atomic mass is 10.2. The van der Waals surface area contributed by atoms with Crippen molar-refractivity contribution in [2.24, 2.45) is 0 Å². The molecule has 0 radical (unpaired) electrons. The molecule has 3 aromatic rings. The summed E-state index contributed by atoms with van der Waals surface area (Å²) < 4.78 is 19.5. The Morgan fingerprint density at radius 3 is 2.45 bits per heavy atom. The smallest absolute Gasteiger partial charge is 0.246 e. The second-order valence-electron chi connectivity index (χ2n) is 4.34. The molecular formula is C16H10FN3O2. The van der Waals surface area contributed by atoms with E-state index in [-0.39, 0.29) is 17.1 Å². The summed E-state index contributed by atoms with van der Waals surface area (Å²) in [5.74, 6) is -0.0194. The maximum Gasteiger partial charge on any atom is 0.246 e. The SMILES string of the molecule is O=Cc1ccc(Oc2nccnc2-c2cccnc2F)cc1. The molecule has 108 valence electrons. The van der Waals surface area contributed by atoms with Gasteiger partial charge in [0.05, 0.1) is 5.56 Å². The molecule has 5 nitrogen and oxygen atoms in total. The van der Waals surface area contributed by atoms with Crippen LogP contribution in [0.4, 0.5) is 4.39 Å². The number of nitrogens with zero attached hydrogens (tertiary/aromatic N) is 3. The first-order valence-corrected chi connectivity index (χ1v) is 6.43. The number of halogens is 1. The van der Waals surface area contributed by atoms with E-state index in [0.29, 0.717) is 11.3 Å². The lowest BCUT2D eigenvalue weighted by Gasteiger charge is -2.09. The van der Waals surface area contributed by atoms with E-state index in [2.05, 4.69) is 15.0 Å². The number of pyridine rings is 1. The fourth-order valence-electron chi connectivity index (χ4n) is 1.87. The summed E-state index contributed by atoms with van der Waals surface area (Å²) in [4.78, 5) is 22.4. The zero-order valence-electron chi connectivity index (χ0n) is 11.3. The third kappa shape index (κ3) is 2.80. The van der Waals surface area contributed by atoms with Gasteiger partial charge >= 0.3 is 0 Å². The fraction of sp³-hybridized carbons (Fsp3) is 0. The Kier molecular flexibility index (Phi) is 3.82. The van der Waals surface area contributed by atoms with Crippen molar-refractivity contribution in [2.75, 3.05) is 0 Å². The minimum absolute atomic E-state index is 0.160. The van der Waals surface area contributed by atoms with Crippen molar-refractivity contribution in [1.82, 2.24) is 15.0 Å². The second kappa shape index (κ2) is 6.09. The van der Waals surface area contributed by atoms with Crippen molar-refractivity contribution >= 4 is 6.29 Å². The van der Waals surface area contributed by atoms with Crippen molar-refractivity contribution in [3.05, 3.63) is 66.5 Å². The fourth-order valence-corrected chi connectivity index (χ4v) is 1.87. The second-order valence-corrected chi connectivity index (χ2v) is 4.34. The Labute approximate surface area is 125 Å². The van der Waals surface area contributed by atoms with Gasteiger partial charge in [0.1, 0.15) is 17.7 Å². The van der Waals surface area contributed by atoms with Crippen LogP contribution in [0.5, 0.6) is 11.6 Å². The number of aromatic nitrogens is 3. The van der Waals surface area contributed by atoms with Gasteiger partial charge in [-0.1, -0.05) is 0 Å². The quantitative estimate of drug-likeness (QED) is 0.546. The number of hydrogen-bond donors (Lipinski definition) is 0. The van der Waals surface area contributed by atoms with Crippen LogP contribution in [0.25, 0.3) is 11.3 Å². The van der Waals surface area contributed by atoms with Gasteiger partial charge < -0.3 is 4.74 Å². The van der Waals surface area contributed by atoms with E-state index >= 15 is 0 Å². The predicted molar refractivity (Wildman–Crippen MR) is 77.1 cm³/mol. The van der Waals surface area contributed by atoms with Crippen LogP contribution < -0.4 is 4.74 Å². The van der Waals surface area contributed by atoms with Gasteiger partial charge in [-0.3, -0.25) is 4.79 Å². The number of ether oxygens (including phenoxy) is 1. The summed E-state index contributed by atoms with van der Waals surface area (Å²) in [6.45, 7) is 0. The number of carbonyl (C=O) groups is 1. The molecule has 3 rings (SSSR count). The molecule has 0 fully saturated rings. The van der Waals surface area contributed by atoms with Gasteiger partial charge in [0.2, 0.25) is 11.8 Å². The topological polar surface area (TPSA) is 65.0 Å². The third-order valence-corrected chi connectivity index (χ3v) is 2.91. The van der Waals surface area contributed by atoms with Crippen molar-refractivity contribution in [3.63, 3.8) is 0 Å². The molecule has 2 aromatic heterocycles. The Bertz CT molecular complexity index is 806. The van der Waals surface area contributed by atoms with E-state index in [4.69, 9.17) is 4.74 Å². The molecular weight excluding hydrogens is 285 g/mol. The van der Waals surface area contributed by atoms with Crippen molar-refractivity contribution in [2.45, 2.75) is 0 Å². The molecule has 22 heavy (non-hydrogen) atoms. The molecule has 0 aliphatic carbocycles. The van der Waals surface area contributed by atoms with Gasteiger partial charge in [-0.25, -0.2) is 15.0 Å². The number of benzene rings is 1. The van der Waals surface area contributed by atoms with Crippen LogP contribution >= 0.6 is 0 Å². The number of carbonyl (C=O) groups excluding carboxylic acids is 1. The molecule has 0 unspecified atom stereocenters. The molecule has 6 heteroatoms. The van der Waals surface area contributed by atoms with Crippen molar-refractivity contribution in [1.29, 1.82) is 0 Å². The van der Waals surface area contributed by atoms with Crippen LogP contribution in [-0.4, -0.2) is 21.2 Å². The summed E-state index contributed by atoms with van der Waals surface area (Å²) >= 11 is 0. The van der Waals surface area contributed by atoms with E-state index in [0.717, 1.165) is 6.29 Å². The molecule has 0 spiro atoms. The van der Waals surface area contributed by atoms with Crippen molar-refractivity contribution in [3.8, 4) is 22.9 Å². The molecule has 0 bridgehead atoms. The first-order chi connectivity index (χ1) is 10.8. The highest BCUT2D eigenvalue weighted by Gasteiger charge is 2.14. The van der Waals surface area contributed by atoms with Crippen LogP contribution in [-0.2, 0) is 0 Å². The number of aldehydes is 1. The summed E-state index contributed by atoms with van der Waals surface area (Å²) in [5, 5.41) is 0. The number of rotatable bonds is 4. The van der Waals surface area contributed by atoms with Gasteiger partial charge in [-0.05, 0) is 36.4 Å². The van der Waals surface area contributed by atoms with E-state index in [1.165, 1.54) is 18.6 Å². The summed E-state index contributed by atoms with van der Waals surface area (Å²) in [5.41, 5.74) is 0.993. The molecule has 0 saturated heterocycles.